The SMILES string of the molecule is [B]/C=C([B])/C(=C(/[B])C([B])C1([B])C([B])=C(c2nc(C3=CCCC=C3)cc(-c3ccccc3)n2)c2oc3c([B])c([B])c4c([B])c([B])c([B])c([B])c4c3c21)C1C([B])=C([B])C([B])=C([B])C1[B]. The second-order valence-electron chi connectivity index (χ2n) is 15.6. The van der Waals surface area contributed by atoms with Crippen molar-refractivity contribution in [3.63, 3.8) is 0 Å². The lowest BCUT2D eigenvalue weighted by atomic mass is 9.40. The first-order valence-corrected chi connectivity index (χ1v) is 19.4. The molecule has 3 nitrogen and oxygen atoms in total. The van der Waals surface area contributed by atoms with E-state index < -0.39 is 22.9 Å². The van der Waals surface area contributed by atoms with Crippen molar-refractivity contribution in [2.45, 2.75) is 29.8 Å². The summed E-state index contributed by atoms with van der Waals surface area (Å²) in [5, 5.41) is -1.46. The van der Waals surface area contributed by atoms with Crippen molar-refractivity contribution in [2.24, 2.45) is 5.92 Å². The highest BCUT2D eigenvalue weighted by Crippen LogP contribution is 2.57. The van der Waals surface area contributed by atoms with Crippen molar-refractivity contribution in [1.82, 2.24) is 9.97 Å². The van der Waals surface area contributed by atoms with Crippen LogP contribution in [0.25, 0.3) is 44.1 Å². The summed E-state index contributed by atoms with van der Waals surface area (Å²) in [7, 11) is 114. The minimum Gasteiger partial charge on any atom is -0.456 e. The summed E-state index contributed by atoms with van der Waals surface area (Å²) < 4.78 is 6.74. The van der Waals surface area contributed by atoms with Crippen LogP contribution >= 0.6 is 0 Å². The highest BCUT2D eigenvalue weighted by molar-refractivity contribution is 6.71. The van der Waals surface area contributed by atoms with Gasteiger partial charge in [-0.2, -0.15) is 0 Å². The molecule has 0 saturated heterocycles. The van der Waals surface area contributed by atoms with Gasteiger partial charge in [-0.1, -0.05) is 87.6 Å². The average Bonchev–Trinajstić information content (AvgIpc) is 3.78. The standard InChI is InChI=1S/C42H17B17N2O/c43-12-15(44)18(21-26(46)33(53)35(55)34(54)27(21)47)30(50)40(58)42(59)24-20-19-22(28(48)32(52)31(51)25(19)45)29(49)36(56)38(20)62-37(24)23(39(42)57)41-60-16(13-7-3-1-4-8-13)11-17(61-41)14-9-5-2-6-10-14/h1,3-5,7-12,21,26,40H,2,6H2/b15-12-,30-18-. The van der Waals surface area contributed by atoms with Gasteiger partial charge in [0.1, 0.15) is 121 Å². The van der Waals surface area contributed by atoms with Crippen molar-refractivity contribution < 1.29 is 4.42 Å². The van der Waals surface area contributed by atoms with Gasteiger partial charge in [-0.15, -0.1) is 55.2 Å². The molecular formula is C42H17B17N2O. The topological polar surface area (TPSA) is 38.9 Å². The molecule has 0 aliphatic heterocycles. The molecule has 2 heterocycles. The first-order chi connectivity index (χ1) is 29.4. The molecule has 62 heavy (non-hydrogen) atoms. The number of hydrogen-bond donors (Lipinski definition) is 0. The number of allylic oxidation sites excluding steroid dienone is 12. The molecule has 8 rings (SSSR count). The number of hydrogen-bond acceptors (Lipinski definition) is 3. The maximum absolute atomic E-state index is 7.71. The number of fused-ring (bicyclic) bond motifs is 5. The lowest BCUT2D eigenvalue weighted by Crippen LogP contribution is -2.50. The normalized spacial score (nSPS) is 21.4. The Morgan fingerprint density at radius 1 is 0.758 bits per heavy atom. The van der Waals surface area contributed by atoms with E-state index in [0.717, 1.165) is 30.0 Å². The predicted molar refractivity (Wildman–Crippen MR) is 271 cm³/mol. The minimum absolute atomic E-state index is 0.00159. The van der Waals surface area contributed by atoms with Gasteiger partial charge in [0, 0.05) is 16.5 Å². The van der Waals surface area contributed by atoms with E-state index in [1.807, 2.05) is 42.5 Å². The molecule has 3 aliphatic carbocycles. The second-order valence-corrected chi connectivity index (χ2v) is 15.6. The second kappa shape index (κ2) is 16.4. The molecule has 252 valence electrons. The van der Waals surface area contributed by atoms with Gasteiger partial charge in [0.25, 0.3) is 0 Å². The lowest BCUT2D eigenvalue weighted by molar-refractivity contribution is 0.595. The van der Waals surface area contributed by atoms with Crippen LogP contribution in [0.3, 0.4) is 0 Å². The number of rotatable bonds is 7. The maximum Gasteiger partial charge on any atom is 0.163 e. The fourth-order valence-corrected chi connectivity index (χ4v) is 8.73. The zero-order valence-electron chi connectivity index (χ0n) is 33.5. The molecule has 0 amide bonds. The zero-order chi connectivity index (χ0) is 44.8. The molecule has 0 spiro atoms. The highest BCUT2D eigenvalue weighted by Gasteiger charge is 2.48. The summed E-state index contributed by atoms with van der Waals surface area (Å²) in [5.41, 5.74) is 2.85. The number of aromatic nitrogens is 2. The Bertz CT molecular complexity index is 3020. The van der Waals surface area contributed by atoms with E-state index in [-0.39, 0.29) is 121 Å². The molecule has 5 aromatic rings. The largest absolute Gasteiger partial charge is 0.456 e. The van der Waals surface area contributed by atoms with Gasteiger partial charge >= 0.3 is 0 Å². The first-order valence-electron chi connectivity index (χ1n) is 19.4. The van der Waals surface area contributed by atoms with Gasteiger partial charge in [-0.05, 0) is 46.5 Å². The molecule has 34 radical (unpaired) electrons. The third-order valence-corrected chi connectivity index (χ3v) is 12.2. The van der Waals surface area contributed by atoms with E-state index in [0.29, 0.717) is 11.4 Å². The summed E-state index contributed by atoms with van der Waals surface area (Å²) in [6.45, 7) is 0. The summed E-state index contributed by atoms with van der Waals surface area (Å²) in [6, 6.07) is 11.4. The monoisotopic (exact) mass is 752 g/mol. The molecule has 3 aliphatic rings. The molecule has 0 bridgehead atoms. The van der Waals surface area contributed by atoms with E-state index in [1.54, 1.807) is 0 Å². The molecule has 4 unspecified atom stereocenters. The Morgan fingerprint density at radius 2 is 1.37 bits per heavy atom. The molecule has 4 atom stereocenters. The molecular weight excluding hydrogens is 732 g/mol. The van der Waals surface area contributed by atoms with E-state index in [1.165, 1.54) is 0 Å². The molecule has 0 saturated carbocycles. The van der Waals surface area contributed by atoms with Crippen LogP contribution in [0.15, 0.2) is 109 Å². The van der Waals surface area contributed by atoms with E-state index in [2.05, 4.69) is 12.2 Å². The van der Waals surface area contributed by atoms with Crippen LogP contribution in [0.1, 0.15) is 35.7 Å². The molecule has 20 heteroatoms. The van der Waals surface area contributed by atoms with Gasteiger partial charge in [0.05, 0.1) is 40.5 Å². The summed E-state index contributed by atoms with van der Waals surface area (Å²) in [5.74, 6) is -2.43. The summed E-state index contributed by atoms with van der Waals surface area (Å²) >= 11 is 0. The van der Waals surface area contributed by atoms with Crippen molar-refractivity contribution in [3.05, 3.63) is 127 Å². The predicted octanol–water partition coefficient (Wildman–Crippen LogP) is -1.91. The van der Waals surface area contributed by atoms with Crippen LogP contribution in [-0.4, -0.2) is 143 Å². The molecule has 2 aromatic heterocycles. The van der Waals surface area contributed by atoms with Gasteiger partial charge < -0.3 is 4.42 Å². The van der Waals surface area contributed by atoms with E-state index in [4.69, 9.17) is 148 Å². The van der Waals surface area contributed by atoms with Crippen LogP contribution in [0, 0.1) is 5.92 Å². The van der Waals surface area contributed by atoms with Crippen molar-refractivity contribution in [3.8, 4) is 11.3 Å². The van der Waals surface area contributed by atoms with Gasteiger partial charge in [-0.3, -0.25) is 0 Å². The van der Waals surface area contributed by atoms with Crippen molar-refractivity contribution >= 4 is 199 Å². The Balaban J connectivity index is 1.52. The Labute approximate surface area is 385 Å². The quantitative estimate of drug-likeness (QED) is 0.144. The van der Waals surface area contributed by atoms with Gasteiger partial charge in [-0.25, -0.2) is 9.97 Å². The smallest absolute Gasteiger partial charge is 0.163 e. The Kier molecular flexibility index (Phi) is 11.8. The van der Waals surface area contributed by atoms with Crippen LogP contribution in [-0.2, 0) is 5.31 Å². The van der Waals surface area contributed by atoms with Gasteiger partial charge in [0.15, 0.2) is 5.82 Å². The third kappa shape index (κ3) is 6.57. The minimum atomic E-state index is -2.06. The van der Waals surface area contributed by atoms with Crippen LogP contribution < -0.4 is 32.8 Å². The highest BCUT2D eigenvalue weighted by atomic mass is 16.3. The Hall–Kier alpha value is -4.18. The molecule has 0 N–H and O–H groups in total. The van der Waals surface area contributed by atoms with Gasteiger partial charge in [0.2, 0.25) is 0 Å². The molecule has 3 aromatic carbocycles. The summed E-state index contributed by atoms with van der Waals surface area (Å²) in [4.78, 5) is 10.1. The van der Waals surface area contributed by atoms with Crippen LogP contribution in [0.4, 0.5) is 0 Å². The fourth-order valence-electron chi connectivity index (χ4n) is 8.73. The maximum atomic E-state index is 7.71. The van der Waals surface area contributed by atoms with Crippen molar-refractivity contribution in [2.75, 3.05) is 0 Å². The number of nitrogens with zero attached hydrogens (tertiary/aromatic N) is 2. The van der Waals surface area contributed by atoms with Crippen LogP contribution in [0.5, 0.6) is 0 Å². The number of benzene rings is 3. The average molecular weight is 749 g/mol. The van der Waals surface area contributed by atoms with Crippen LogP contribution in [0.2, 0.25) is 11.6 Å². The lowest BCUT2D eigenvalue weighted by Gasteiger charge is -2.43. The molecule has 0 fully saturated rings. The zero-order valence-corrected chi connectivity index (χ0v) is 33.5. The van der Waals surface area contributed by atoms with Crippen molar-refractivity contribution in [1.29, 1.82) is 0 Å². The van der Waals surface area contributed by atoms with E-state index >= 15 is 0 Å². The first kappa shape index (κ1) is 44.4. The number of furan rings is 1. The van der Waals surface area contributed by atoms with E-state index in [9.17, 15) is 0 Å². The Morgan fingerprint density at radius 3 is 2.00 bits per heavy atom. The third-order valence-electron chi connectivity index (χ3n) is 12.2. The fraction of sp³-hybridized carbons (Fsp3) is 0.143. The summed E-state index contributed by atoms with van der Waals surface area (Å²) in [6.07, 6.45) is 7.82.